The van der Waals surface area contributed by atoms with Gasteiger partial charge in [0.15, 0.2) is 5.82 Å². The van der Waals surface area contributed by atoms with Crippen LogP contribution in [0.4, 0.5) is 17.3 Å². The summed E-state index contributed by atoms with van der Waals surface area (Å²) in [6.45, 7) is 7.19. The molecule has 2 aromatic heterocycles. The Morgan fingerprint density at radius 3 is 2.47 bits per heavy atom. The van der Waals surface area contributed by atoms with Crippen molar-refractivity contribution < 1.29 is 4.74 Å². The molecule has 0 saturated heterocycles. The summed E-state index contributed by atoms with van der Waals surface area (Å²) in [7, 11) is 5.63. The molecule has 182 valence electrons. The molecule has 9 nitrogen and oxygen atoms in total. The molecule has 0 aliphatic rings. The lowest BCUT2D eigenvalue weighted by Gasteiger charge is -2.16. The Morgan fingerprint density at radius 2 is 1.85 bits per heavy atom. The molecule has 0 unspecified atom stereocenters. The Bertz CT molecular complexity index is 1070. The lowest BCUT2D eigenvalue weighted by atomic mass is 10.1. The van der Waals surface area contributed by atoms with Crippen molar-refractivity contribution in [2.45, 2.75) is 25.8 Å². The van der Waals surface area contributed by atoms with Gasteiger partial charge in [0.1, 0.15) is 22.4 Å². The summed E-state index contributed by atoms with van der Waals surface area (Å²) in [5.41, 5.74) is 8.78. The fourth-order valence-electron chi connectivity index (χ4n) is 2.88. The summed E-state index contributed by atoms with van der Waals surface area (Å²) >= 11 is 1.40. The molecular formula is C24H34N8OS. The maximum Gasteiger partial charge on any atom is 0.163 e. The van der Waals surface area contributed by atoms with Crippen molar-refractivity contribution in [1.82, 2.24) is 19.9 Å². The second kappa shape index (κ2) is 13.4. The van der Waals surface area contributed by atoms with E-state index < -0.39 is 0 Å². The fraction of sp³-hybridized carbons (Fsp3) is 0.333. The van der Waals surface area contributed by atoms with E-state index in [1.54, 1.807) is 26.3 Å². The highest BCUT2D eigenvalue weighted by atomic mass is 32.2. The minimum absolute atomic E-state index is 0.289. The van der Waals surface area contributed by atoms with Crippen LogP contribution in [0.25, 0.3) is 11.4 Å². The van der Waals surface area contributed by atoms with Crippen molar-refractivity contribution in [1.29, 1.82) is 5.41 Å². The van der Waals surface area contributed by atoms with Gasteiger partial charge in [-0.05, 0) is 51.4 Å². The number of aromatic nitrogens is 3. The number of pyridine rings is 1. The minimum Gasteiger partial charge on any atom is -0.497 e. The van der Waals surface area contributed by atoms with Crippen molar-refractivity contribution in [2.75, 3.05) is 50.1 Å². The Morgan fingerprint density at radius 1 is 1.15 bits per heavy atom. The molecule has 10 heteroatoms. The van der Waals surface area contributed by atoms with Gasteiger partial charge < -0.3 is 30.8 Å². The molecule has 0 bridgehead atoms. The molecule has 1 aromatic carbocycles. The first-order chi connectivity index (χ1) is 16.4. The van der Waals surface area contributed by atoms with Crippen LogP contribution in [-0.4, -0.2) is 59.9 Å². The molecule has 0 atom stereocenters. The van der Waals surface area contributed by atoms with Gasteiger partial charge in [-0.2, -0.15) is 0 Å². The first kappa shape index (κ1) is 26.9. The number of benzene rings is 1. The third kappa shape index (κ3) is 7.60. The second-order valence-corrected chi connectivity index (χ2v) is 8.15. The molecule has 3 rings (SSSR count). The van der Waals surface area contributed by atoms with E-state index in [2.05, 4.69) is 29.9 Å². The van der Waals surface area contributed by atoms with Gasteiger partial charge in [-0.1, -0.05) is 13.8 Å². The Hall–Kier alpha value is -3.37. The Kier molecular flexibility index (Phi) is 10.6. The van der Waals surface area contributed by atoms with Gasteiger partial charge in [0.05, 0.1) is 12.7 Å². The van der Waals surface area contributed by atoms with Gasteiger partial charge in [0.25, 0.3) is 0 Å². The summed E-state index contributed by atoms with van der Waals surface area (Å²) in [6, 6.07) is 11.4. The molecule has 3 aromatic rings. The van der Waals surface area contributed by atoms with Crippen LogP contribution in [0.1, 0.15) is 26.3 Å². The van der Waals surface area contributed by atoms with E-state index in [0.717, 1.165) is 28.6 Å². The molecule has 34 heavy (non-hydrogen) atoms. The second-order valence-electron chi connectivity index (χ2n) is 7.33. The fourth-order valence-corrected chi connectivity index (χ4v) is 3.52. The quantitative estimate of drug-likeness (QED) is 0.242. The van der Waals surface area contributed by atoms with Gasteiger partial charge in [0, 0.05) is 54.3 Å². The van der Waals surface area contributed by atoms with Crippen molar-refractivity contribution in [2.24, 2.45) is 0 Å². The third-order valence-electron chi connectivity index (χ3n) is 4.52. The highest BCUT2D eigenvalue weighted by Crippen LogP contribution is 2.27. The minimum atomic E-state index is 0.289. The van der Waals surface area contributed by atoms with Crippen LogP contribution in [-0.2, 0) is 0 Å². The third-order valence-corrected chi connectivity index (χ3v) is 5.29. The molecule has 0 spiro atoms. The van der Waals surface area contributed by atoms with E-state index in [1.807, 2.05) is 58.3 Å². The normalized spacial score (nSPS) is 10.3. The van der Waals surface area contributed by atoms with E-state index in [0.29, 0.717) is 29.5 Å². The lowest BCUT2D eigenvalue weighted by molar-refractivity contribution is 0.412. The van der Waals surface area contributed by atoms with E-state index in [-0.39, 0.29) is 5.82 Å². The van der Waals surface area contributed by atoms with Gasteiger partial charge in [0.2, 0.25) is 0 Å². The van der Waals surface area contributed by atoms with E-state index in [4.69, 9.17) is 15.9 Å². The van der Waals surface area contributed by atoms with Gasteiger partial charge >= 0.3 is 0 Å². The maximum absolute atomic E-state index is 8.05. The lowest BCUT2D eigenvalue weighted by Crippen LogP contribution is -2.22. The highest BCUT2D eigenvalue weighted by Gasteiger charge is 2.15. The number of hydrogen-bond acceptors (Lipinski definition) is 10. The van der Waals surface area contributed by atoms with Crippen molar-refractivity contribution >= 4 is 35.0 Å². The zero-order valence-corrected chi connectivity index (χ0v) is 21.5. The number of hydrogen-bond donors (Lipinski definition) is 4. The smallest absolute Gasteiger partial charge is 0.163 e. The summed E-state index contributed by atoms with van der Waals surface area (Å²) in [4.78, 5) is 15.5. The average molecular weight is 483 g/mol. The molecule has 2 heterocycles. The highest BCUT2D eigenvalue weighted by molar-refractivity contribution is 8.00. The largest absolute Gasteiger partial charge is 0.497 e. The first-order valence-corrected chi connectivity index (χ1v) is 11.8. The summed E-state index contributed by atoms with van der Waals surface area (Å²) < 4.78 is 8.49. The zero-order valence-electron chi connectivity index (χ0n) is 20.6. The van der Waals surface area contributed by atoms with E-state index >= 15 is 0 Å². The summed E-state index contributed by atoms with van der Waals surface area (Å²) in [6.07, 6.45) is 1.71. The molecule has 0 aliphatic heterocycles. The topological polar surface area (TPSA) is 125 Å². The van der Waals surface area contributed by atoms with Crippen LogP contribution in [0.5, 0.6) is 5.75 Å². The van der Waals surface area contributed by atoms with Crippen molar-refractivity contribution in [3.63, 3.8) is 0 Å². The molecule has 0 fully saturated rings. The van der Waals surface area contributed by atoms with E-state index in [9.17, 15) is 0 Å². The Balaban J connectivity index is 0.00000199. The van der Waals surface area contributed by atoms with Crippen LogP contribution in [0, 0.1) is 5.41 Å². The summed E-state index contributed by atoms with van der Waals surface area (Å²) in [5, 5.41) is 12.1. The standard InChI is InChI=1S/C22H28N8OS.C2H6/c1-14(23)19-20(24)27-21(28-22(19)26-11-12-30(2)3)15-5-7-16(8-6-15)29-32-18-13-17(31-4)9-10-25-18;1-2/h5-10,13,23,29H,11-12H2,1-4H3,(H3,24,26,27,28);1-2H3. The number of nitrogens with zero attached hydrogens (tertiary/aromatic N) is 4. The summed E-state index contributed by atoms with van der Waals surface area (Å²) in [5.74, 6) is 2.13. The van der Waals surface area contributed by atoms with Gasteiger partial charge in [-0.25, -0.2) is 15.0 Å². The number of anilines is 3. The van der Waals surface area contributed by atoms with Crippen molar-refractivity contribution in [3.8, 4) is 17.1 Å². The molecule has 0 saturated carbocycles. The number of rotatable bonds is 10. The molecule has 5 N–H and O–H groups in total. The van der Waals surface area contributed by atoms with Crippen LogP contribution >= 0.6 is 11.9 Å². The molecular weight excluding hydrogens is 448 g/mol. The molecule has 0 radical (unpaired) electrons. The van der Waals surface area contributed by atoms with Crippen LogP contribution < -0.4 is 20.5 Å². The predicted octanol–water partition coefficient (Wildman–Crippen LogP) is 4.64. The van der Waals surface area contributed by atoms with Crippen LogP contribution in [0.2, 0.25) is 0 Å². The number of ether oxygens (including phenoxy) is 1. The predicted molar refractivity (Wildman–Crippen MR) is 143 cm³/mol. The number of nitrogens with one attached hydrogen (secondary N) is 3. The first-order valence-electron chi connectivity index (χ1n) is 11.0. The maximum atomic E-state index is 8.05. The SMILES string of the molecule is CC.COc1ccnc(SNc2ccc(-c3nc(N)c(C(C)=N)c(NCCN(C)C)n3)cc2)c1. The average Bonchev–Trinajstić information content (AvgIpc) is 2.83. The van der Waals surface area contributed by atoms with Crippen LogP contribution in [0.3, 0.4) is 0 Å². The van der Waals surface area contributed by atoms with Gasteiger partial charge in [-0.15, -0.1) is 0 Å². The van der Waals surface area contributed by atoms with E-state index in [1.165, 1.54) is 11.9 Å². The van der Waals surface area contributed by atoms with Gasteiger partial charge in [-0.3, -0.25) is 0 Å². The Labute approximate surface area is 206 Å². The van der Waals surface area contributed by atoms with Crippen LogP contribution in [0.15, 0.2) is 47.6 Å². The molecule has 0 amide bonds. The number of nitrogen functional groups attached to an aromatic ring is 1. The zero-order chi connectivity index (χ0) is 25.1. The number of methoxy groups -OCH3 is 1. The monoisotopic (exact) mass is 482 g/mol. The number of likely N-dealkylation sites (N-methyl/N-ethyl adjacent to an activating group) is 1. The number of nitrogens with two attached hydrogens (primary N) is 1. The van der Waals surface area contributed by atoms with Crippen molar-refractivity contribution in [3.05, 3.63) is 48.2 Å². The molecule has 0 aliphatic carbocycles.